The van der Waals surface area contributed by atoms with E-state index in [1.165, 1.54) is 0 Å². The van der Waals surface area contributed by atoms with Crippen molar-refractivity contribution >= 4 is 22.2 Å². The SMILES string of the molecule is COc1ccc(-c2nc(Nc3ccccc3)sc2C)c(OC)c1. The van der Waals surface area contributed by atoms with E-state index in [9.17, 15) is 0 Å². The van der Waals surface area contributed by atoms with E-state index >= 15 is 0 Å². The van der Waals surface area contributed by atoms with Crippen molar-refractivity contribution in [2.24, 2.45) is 0 Å². The fraction of sp³-hybridized carbons (Fsp3) is 0.167. The van der Waals surface area contributed by atoms with Crippen molar-refractivity contribution < 1.29 is 9.47 Å². The number of anilines is 2. The number of aryl methyl sites for hydroxylation is 1. The molecule has 0 saturated carbocycles. The average molecular weight is 326 g/mol. The Kier molecular flexibility index (Phi) is 4.48. The highest BCUT2D eigenvalue weighted by Gasteiger charge is 2.15. The van der Waals surface area contributed by atoms with E-state index in [-0.39, 0.29) is 0 Å². The smallest absolute Gasteiger partial charge is 0.187 e. The van der Waals surface area contributed by atoms with Gasteiger partial charge in [-0.3, -0.25) is 0 Å². The Labute approximate surface area is 139 Å². The predicted molar refractivity (Wildman–Crippen MR) is 95.1 cm³/mol. The molecule has 0 aliphatic rings. The largest absolute Gasteiger partial charge is 0.497 e. The topological polar surface area (TPSA) is 43.4 Å². The van der Waals surface area contributed by atoms with Crippen LogP contribution in [0.15, 0.2) is 48.5 Å². The Balaban J connectivity index is 1.95. The third-order valence-electron chi connectivity index (χ3n) is 3.49. The quantitative estimate of drug-likeness (QED) is 0.726. The summed E-state index contributed by atoms with van der Waals surface area (Å²) in [6, 6.07) is 15.8. The number of rotatable bonds is 5. The minimum atomic E-state index is 0.754. The second-order valence-corrected chi connectivity index (χ2v) is 6.18. The number of para-hydroxylation sites is 1. The fourth-order valence-electron chi connectivity index (χ4n) is 2.34. The molecule has 0 unspecified atom stereocenters. The Morgan fingerprint density at radius 1 is 1.00 bits per heavy atom. The highest BCUT2D eigenvalue weighted by atomic mass is 32.1. The molecule has 2 aromatic carbocycles. The first-order valence-corrected chi connectivity index (χ1v) is 8.05. The summed E-state index contributed by atoms with van der Waals surface area (Å²) in [5.74, 6) is 1.52. The summed E-state index contributed by atoms with van der Waals surface area (Å²) >= 11 is 1.62. The van der Waals surface area contributed by atoms with Crippen LogP contribution < -0.4 is 14.8 Å². The first-order valence-electron chi connectivity index (χ1n) is 7.23. The molecule has 0 bridgehead atoms. The van der Waals surface area contributed by atoms with Gasteiger partial charge in [0.15, 0.2) is 5.13 Å². The number of nitrogens with zero attached hydrogens (tertiary/aromatic N) is 1. The number of hydrogen-bond acceptors (Lipinski definition) is 5. The molecule has 0 atom stereocenters. The van der Waals surface area contributed by atoms with Crippen LogP contribution in [-0.4, -0.2) is 19.2 Å². The van der Waals surface area contributed by atoms with Gasteiger partial charge in [-0.05, 0) is 31.2 Å². The maximum Gasteiger partial charge on any atom is 0.187 e. The summed E-state index contributed by atoms with van der Waals surface area (Å²) in [5.41, 5.74) is 2.91. The van der Waals surface area contributed by atoms with Gasteiger partial charge in [-0.15, -0.1) is 11.3 Å². The van der Waals surface area contributed by atoms with Gasteiger partial charge in [-0.2, -0.15) is 0 Å². The molecule has 118 valence electrons. The van der Waals surface area contributed by atoms with Crippen molar-refractivity contribution in [2.75, 3.05) is 19.5 Å². The van der Waals surface area contributed by atoms with Gasteiger partial charge in [0.2, 0.25) is 0 Å². The van der Waals surface area contributed by atoms with Gasteiger partial charge >= 0.3 is 0 Å². The lowest BCUT2D eigenvalue weighted by Crippen LogP contribution is -1.92. The summed E-state index contributed by atoms with van der Waals surface area (Å²) in [5, 5.41) is 4.20. The Morgan fingerprint density at radius 3 is 2.48 bits per heavy atom. The Hall–Kier alpha value is -2.53. The van der Waals surface area contributed by atoms with Crippen LogP contribution in [0.4, 0.5) is 10.8 Å². The minimum absolute atomic E-state index is 0.754. The second-order valence-electron chi connectivity index (χ2n) is 4.98. The average Bonchev–Trinajstić information content (AvgIpc) is 2.95. The normalized spacial score (nSPS) is 10.4. The third kappa shape index (κ3) is 3.29. The fourth-order valence-corrected chi connectivity index (χ4v) is 3.19. The van der Waals surface area contributed by atoms with E-state index in [1.54, 1.807) is 25.6 Å². The zero-order valence-electron chi connectivity index (χ0n) is 13.3. The summed E-state index contributed by atoms with van der Waals surface area (Å²) in [4.78, 5) is 5.86. The van der Waals surface area contributed by atoms with Crippen LogP contribution in [-0.2, 0) is 0 Å². The summed E-state index contributed by atoms with van der Waals surface area (Å²) in [6.07, 6.45) is 0. The van der Waals surface area contributed by atoms with Crippen LogP contribution in [0.2, 0.25) is 0 Å². The molecule has 0 saturated heterocycles. The zero-order chi connectivity index (χ0) is 16.2. The van der Waals surface area contributed by atoms with Gasteiger partial charge in [-0.1, -0.05) is 18.2 Å². The monoisotopic (exact) mass is 326 g/mol. The van der Waals surface area contributed by atoms with Gasteiger partial charge in [0.05, 0.1) is 19.9 Å². The molecular formula is C18H18N2O2S. The molecule has 1 aromatic heterocycles. The van der Waals surface area contributed by atoms with E-state index in [1.807, 2.05) is 48.5 Å². The van der Waals surface area contributed by atoms with Gasteiger partial charge in [0.1, 0.15) is 11.5 Å². The third-order valence-corrected chi connectivity index (χ3v) is 4.37. The molecule has 3 aromatic rings. The molecular weight excluding hydrogens is 308 g/mol. The summed E-state index contributed by atoms with van der Waals surface area (Å²) < 4.78 is 10.7. The first kappa shape index (κ1) is 15.4. The highest BCUT2D eigenvalue weighted by Crippen LogP contribution is 2.38. The van der Waals surface area contributed by atoms with Crippen molar-refractivity contribution in [2.45, 2.75) is 6.92 Å². The molecule has 1 N–H and O–H groups in total. The highest BCUT2D eigenvalue weighted by molar-refractivity contribution is 7.16. The number of aromatic nitrogens is 1. The van der Waals surface area contributed by atoms with Crippen molar-refractivity contribution in [3.8, 4) is 22.8 Å². The maximum absolute atomic E-state index is 5.49. The second kappa shape index (κ2) is 6.71. The van der Waals surface area contributed by atoms with Crippen molar-refractivity contribution in [1.29, 1.82) is 0 Å². The van der Waals surface area contributed by atoms with E-state index in [4.69, 9.17) is 14.5 Å². The molecule has 4 nitrogen and oxygen atoms in total. The van der Waals surface area contributed by atoms with Gasteiger partial charge in [0.25, 0.3) is 0 Å². The number of benzene rings is 2. The number of methoxy groups -OCH3 is 2. The number of thiazole rings is 1. The van der Waals surface area contributed by atoms with Crippen molar-refractivity contribution in [3.63, 3.8) is 0 Å². The van der Waals surface area contributed by atoms with E-state index in [0.717, 1.165) is 38.5 Å². The van der Waals surface area contributed by atoms with Crippen LogP contribution in [0.5, 0.6) is 11.5 Å². The molecule has 0 spiro atoms. The molecule has 0 aliphatic heterocycles. The van der Waals surface area contributed by atoms with E-state index in [0.29, 0.717) is 0 Å². The van der Waals surface area contributed by atoms with Crippen LogP contribution in [0.25, 0.3) is 11.3 Å². The van der Waals surface area contributed by atoms with Crippen LogP contribution in [0.3, 0.4) is 0 Å². The lowest BCUT2D eigenvalue weighted by atomic mass is 10.1. The lowest BCUT2D eigenvalue weighted by molar-refractivity contribution is 0.395. The molecule has 5 heteroatoms. The zero-order valence-corrected chi connectivity index (χ0v) is 14.1. The lowest BCUT2D eigenvalue weighted by Gasteiger charge is -2.09. The van der Waals surface area contributed by atoms with Crippen molar-refractivity contribution in [3.05, 3.63) is 53.4 Å². The summed E-state index contributed by atoms with van der Waals surface area (Å²) in [7, 11) is 3.30. The Morgan fingerprint density at radius 2 is 1.78 bits per heavy atom. The number of hydrogen-bond donors (Lipinski definition) is 1. The van der Waals surface area contributed by atoms with Gasteiger partial charge in [-0.25, -0.2) is 4.98 Å². The maximum atomic E-state index is 5.49. The van der Waals surface area contributed by atoms with E-state index < -0.39 is 0 Å². The first-order chi connectivity index (χ1) is 11.2. The molecule has 0 amide bonds. The standard InChI is InChI=1S/C18H18N2O2S/c1-12-17(15-10-9-14(21-2)11-16(15)22-3)20-18(23-12)19-13-7-5-4-6-8-13/h4-11H,1-3H3,(H,19,20). The minimum Gasteiger partial charge on any atom is -0.497 e. The molecule has 1 heterocycles. The van der Waals surface area contributed by atoms with Crippen LogP contribution in [0, 0.1) is 6.92 Å². The van der Waals surface area contributed by atoms with E-state index in [2.05, 4.69) is 12.2 Å². The molecule has 0 aliphatic carbocycles. The van der Waals surface area contributed by atoms with Crippen LogP contribution >= 0.6 is 11.3 Å². The van der Waals surface area contributed by atoms with Gasteiger partial charge in [0, 0.05) is 22.2 Å². The Bertz CT molecular complexity index is 800. The van der Waals surface area contributed by atoms with Gasteiger partial charge < -0.3 is 14.8 Å². The number of ether oxygens (including phenoxy) is 2. The van der Waals surface area contributed by atoms with Crippen LogP contribution in [0.1, 0.15) is 4.88 Å². The van der Waals surface area contributed by atoms with Crippen molar-refractivity contribution in [1.82, 2.24) is 4.98 Å². The molecule has 0 fully saturated rings. The molecule has 0 radical (unpaired) electrons. The molecule has 23 heavy (non-hydrogen) atoms. The predicted octanol–water partition coefficient (Wildman–Crippen LogP) is 4.88. The number of nitrogens with one attached hydrogen (secondary N) is 1. The summed E-state index contributed by atoms with van der Waals surface area (Å²) in [6.45, 7) is 2.06. The molecule has 3 rings (SSSR count).